The lowest BCUT2D eigenvalue weighted by molar-refractivity contribution is -0.138. The van der Waals surface area contributed by atoms with E-state index in [0.717, 1.165) is 35.8 Å². The minimum atomic E-state index is -4.50. The number of alkyl halides is 6. The van der Waals surface area contributed by atoms with Crippen LogP contribution in [0.1, 0.15) is 22.3 Å². The molecule has 1 fully saturated rings. The Labute approximate surface area is 185 Å². The average Bonchev–Trinajstić information content (AvgIpc) is 2.76. The van der Waals surface area contributed by atoms with Gasteiger partial charge in [-0.05, 0) is 41.0 Å². The highest BCUT2D eigenvalue weighted by molar-refractivity contribution is 7.99. The Morgan fingerprint density at radius 1 is 0.781 bits per heavy atom. The first kappa shape index (κ1) is 24.0. The lowest BCUT2D eigenvalue weighted by Gasteiger charge is -2.24. The fourth-order valence-corrected chi connectivity index (χ4v) is 4.06. The summed E-state index contributed by atoms with van der Waals surface area (Å²) in [6.07, 6.45) is -4.67. The molecule has 0 unspecified atom stereocenters. The van der Waals surface area contributed by atoms with Crippen LogP contribution in [0.15, 0.2) is 66.8 Å². The predicted molar refractivity (Wildman–Crippen MR) is 113 cm³/mol. The highest BCUT2D eigenvalue weighted by Crippen LogP contribution is 2.33. The summed E-state index contributed by atoms with van der Waals surface area (Å²) in [6, 6.07) is 8.66. The molecule has 0 aliphatic carbocycles. The standard InChI is InChI=1S/C23H19F6NOS/c24-22(25,26)18-8-4-16(5-9-18)20(17-6-10-19(11-7-17)23(27,28)29)2-1-3-21(31)30-12-14-32-15-13-30/h1-11H,12-15H2. The van der Waals surface area contributed by atoms with Gasteiger partial charge in [0.1, 0.15) is 0 Å². The molecule has 1 aliphatic heterocycles. The van der Waals surface area contributed by atoms with Crippen LogP contribution >= 0.6 is 11.8 Å². The van der Waals surface area contributed by atoms with Crippen molar-refractivity contribution in [3.8, 4) is 0 Å². The van der Waals surface area contributed by atoms with Gasteiger partial charge in [0.2, 0.25) is 5.91 Å². The van der Waals surface area contributed by atoms with Gasteiger partial charge in [-0.15, -0.1) is 0 Å². The number of amides is 1. The van der Waals surface area contributed by atoms with Crippen LogP contribution in [0.25, 0.3) is 5.57 Å². The van der Waals surface area contributed by atoms with Gasteiger partial charge in [0.05, 0.1) is 11.1 Å². The van der Waals surface area contributed by atoms with Crippen molar-refractivity contribution in [2.24, 2.45) is 0 Å². The molecule has 0 N–H and O–H groups in total. The van der Waals surface area contributed by atoms with Crippen molar-refractivity contribution in [3.63, 3.8) is 0 Å². The largest absolute Gasteiger partial charge is 0.416 e. The Hall–Kier alpha value is -2.68. The lowest BCUT2D eigenvalue weighted by atomic mass is 9.95. The number of hydrogen-bond acceptors (Lipinski definition) is 2. The summed E-state index contributed by atoms with van der Waals surface area (Å²) in [7, 11) is 0. The number of nitrogens with zero attached hydrogens (tertiary/aromatic N) is 1. The molecule has 170 valence electrons. The van der Waals surface area contributed by atoms with Crippen molar-refractivity contribution in [1.29, 1.82) is 0 Å². The zero-order valence-electron chi connectivity index (χ0n) is 16.7. The van der Waals surface area contributed by atoms with Gasteiger partial charge < -0.3 is 4.90 Å². The molecule has 9 heteroatoms. The summed E-state index contributed by atoms with van der Waals surface area (Å²) >= 11 is 1.75. The molecule has 1 heterocycles. The van der Waals surface area contributed by atoms with Crippen molar-refractivity contribution in [3.05, 3.63) is 89.0 Å². The van der Waals surface area contributed by atoms with E-state index in [2.05, 4.69) is 0 Å². The van der Waals surface area contributed by atoms with Gasteiger partial charge in [-0.3, -0.25) is 4.79 Å². The number of carbonyl (C=O) groups excluding carboxylic acids is 1. The van der Waals surface area contributed by atoms with Crippen molar-refractivity contribution >= 4 is 23.2 Å². The molecule has 2 aromatic rings. The molecule has 3 rings (SSSR count). The fraction of sp³-hybridized carbons (Fsp3) is 0.261. The van der Waals surface area contributed by atoms with Gasteiger partial charge in [0.15, 0.2) is 0 Å². The minimum absolute atomic E-state index is 0.194. The van der Waals surface area contributed by atoms with Crippen LogP contribution in [-0.2, 0) is 17.1 Å². The van der Waals surface area contributed by atoms with E-state index in [9.17, 15) is 31.1 Å². The quantitative estimate of drug-likeness (QED) is 0.297. The molecule has 0 aromatic heterocycles. The fourth-order valence-electron chi connectivity index (χ4n) is 3.15. The van der Waals surface area contributed by atoms with E-state index in [0.29, 0.717) is 29.8 Å². The second-order valence-electron chi connectivity index (χ2n) is 7.03. The van der Waals surface area contributed by atoms with Crippen molar-refractivity contribution in [2.45, 2.75) is 12.4 Å². The predicted octanol–water partition coefficient (Wildman–Crippen LogP) is 6.29. The first-order chi connectivity index (χ1) is 15.1. The normalized spacial score (nSPS) is 15.1. The molecule has 0 saturated carbocycles. The molecule has 32 heavy (non-hydrogen) atoms. The molecule has 2 aromatic carbocycles. The molecular weight excluding hydrogens is 452 g/mol. The van der Waals surface area contributed by atoms with Gasteiger partial charge in [-0.2, -0.15) is 38.1 Å². The third-order valence-electron chi connectivity index (χ3n) is 4.87. The summed E-state index contributed by atoms with van der Waals surface area (Å²) in [5, 5.41) is 0. The van der Waals surface area contributed by atoms with Gasteiger partial charge >= 0.3 is 12.4 Å². The van der Waals surface area contributed by atoms with Crippen LogP contribution in [0.5, 0.6) is 0 Å². The minimum Gasteiger partial charge on any atom is -0.338 e. The molecular formula is C23H19F6NOS. The molecule has 0 spiro atoms. The maximum Gasteiger partial charge on any atom is 0.416 e. The van der Waals surface area contributed by atoms with Crippen molar-refractivity contribution in [1.82, 2.24) is 4.90 Å². The highest BCUT2D eigenvalue weighted by Gasteiger charge is 2.31. The molecule has 1 saturated heterocycles. The second-order valence-corrected chi connectivity index (χ2v) is 8.25. The number of carbonyl (C=O) groups is 1. The first-order valence-electron chi connectivity index (χ1n) is 9.66. The van der Waals surface area contributed by atoms with E-state index >= 15 is 0 Å². The summed E-state index contributed by atoms with van der Waals surface area (Å²) in [6.45, 7) is 1.25. The van der Waals surface area contributed by atoms with Gasteiger partial charge in [0.25, 0.3) is 0 Å². The molecule has 0 radical (unpaired) electrons. The van der Waals surface area contributed by atoms with E-state index in [1.807, 2.05) is 0 Å². The topological polar surface area (TPSA) is 20.3 Å². The number of thioether (sulfide) groups is 1. The monoisotopic (exact) mass is 471 g/mol. The number of hydrogen-bond donors (Lipinski definition) is 0. The first-order valence-corrected chi connectivity index (χ1v) is 10.8. The van der Waals surface area contributed by atoms with Gasteiger partial charge in [0, 0.05) is 30.7 Å². The zero-order valence-corrected chi connectivity index (χ0v) is 17.5. The van der Waals surface area contributed by atoms with Crippen molar-refractivity contribution < 1.29 is 31.1 Å². The van der Waals surface area contributed by atoms with Crippen LogP contribution < -0.4 is 0 Å². The molecule has 0 atom stereocenters. The molecule has 1 aliphatic rings. The van der Waals surface area contributed by atoms with Crippen LogP contribution in [0.2, 0.25) is 0 Å². The van der Waals surface area contributed by atoms with Crippen LogP contribution in [0.3, 0.4) is 0 Å². The Balaban J connectivity index is 1.92. The molecule has 1 amide bonds. The maximum absolute atomic E-state index is 12.9. The average molecular weight is 471 g/mol. The van der Waals surface area contributed by atoms with E-state index in [4.69, 9.17) is 0 Å². The number of rotatable bonds is 4. The molecule has 2 nitrogen and oxygen atoms in total. The van der Waals surface area contributed by atoms with Crippen LogP contribution in [-0.4, -0.2) is 35.4 Å². The van der Waals surface area contributed by atoms with E-state index < -0.39 is 23.5 Å². The van der Waals surface area contributed by atoms with Gasteiger partial charge in [-0.25, -0.2) is 0 Å². The highest BCUT2D eigenvalue weighted by atomic mass is 32.2. The van der Waals surface area contributed by atoms with E-state index in [1.165, 1.54) is 42.5 Å². The zero-order chi connectivity index (χ0) is 23.4. The Bertz CT molecular complexity index is 926. The van der Waals surface area contributed by atoms with E-state index in [1.54, 1.807) is 16.7 Å². The van der Waals surface area contributed by atoms with Crippen LogP contribution in [0, 0.1) is 0 Å². The summed E-state index contributed by atoms with van der Waals surface area (Å²) in [5.74, 6) is 1.50. The third-order valence-corrected chi connectivity index (χ3v) is 5.81. The number of benzene rings is 2. The second kappa shape index (κ2) is 9.85. The van der Waals surface area contributed by atoms with Gasteiger partial charge in [-0.1, -0.05) is 36.4 Å². The Kier molecular flexibility index (Phi) is 7.38. The summed E-state index contributed by atoms with van der Waals surface area (Å²) in [4.78, 5) is 14.0. The third kappa shape index (κ3) is 6.18. The summed E-state index contributed by atoms with van der Waals surface area (Å²) in [5.41, 5.74) is -0.512. The molecule has 0 bridgehead atoms. The lowest BCUT2D eigenvalue weighted by Crippen LogP contribution is -2.36. The Morgan fingerprint density at radius 3 is 1.62 bits per heavy atom. The number of allylic oxidation sites excluding steroid dienone is 2. The Morgan fingerprint density at radius 2 is 1.22 bits per heavy atom. The van der Waals surface area contributed by atoms with Crippen LogP contribution in [0.4, 0.5) is 26.3 Å². The SMILES string of the molecule is O=C(C=CC=C(c1ccc(C(F)(F)F)cc1)c1ccc(C(F)(F)F)cc1)N1CCSCC1. The van der Waals surface area contributed by atoms with E-state index in [-0.39, 0.29) is 5.91 Å². The summed E-state index contributed by atoms with van der Waals surface area (Å²) < 4.78 is 77.4. The maximum atomic E-state index is 12.9. The number of halogens is 6. The van der Waals surface area contributed by atoms with Crippen molar-refractivity contribution in [2.75, 3.05) is 24.6 Å². The smallest absolute Gasteiger partial charge is 0.338 e.